The lowest BCUT2D eigenvalue weighted by atomic mass is 9.73. The van der Waals surface area contributed by atoms with Crippen molar-refractivity contribution in [3.8, 4) is 17.6 Å². The van der Waals surface area contributed by atoms with Crippen LogP contribution in [0.25, 0.3) is 0 Å². The summed E-state index contributed by atoms with van der Waals surface area (Å²) in [6.45, 7) is 4.34. The minimum absolute atomic E-state index is 0.0181. The van der Waals surface area contributed by atoms with Gasteiger partial charge in [0.25, 0.3) is 11.8 Å². The molecule has 2 fully saturated rings. The molecule has 0 bridgehead atoms. The quantitative estimate of drug-likeness (QED) is 0.317. The summed E-state index contributed by atoms with van der Waals surface area (Å²) < 4.78 is 48.5. The molecule has 0 spiro atoms. The molecule has 0 unspecified atom stereocenters. The third-order valence-electron chi connectivity index (χ3n) is 8.95. The maximum Gasteiger partial charge on any atom is 0.417 e. The lowest BCUT2D eigenvalue weighted by Gasteiger charge is -2.51. The monoisotopic (exact) mass is 640 g/mol. The van der Waals surface area contributed by atoms with E-state index in [-0.39, 0.29) is 50.6 Å². The third kappa shape index (κ3) is 6.10. The number of amides is 2. The summed E-state index contributed by atoms with van der Waals surface area (Å²) in [4.78, 5) is 36.5. The fourth-order valence-electron chi connectivity index (χ4n) is 6.73. The number of benzene rings is 1. The fraction of sp³-hybridized carbons (Fsp3) is 0.455. The number of alkyl halides is 3. The highest BCUT2D eigenvalue weighted by Crippen LogP contribution is 2.43. The number of rotatable bonds is 7. The first kappa shape index (κ1) is 32.3. The van der Waals surface area contributed by atoms with Gasteiger partial charge in [-0.05, 0) is 50.8 Å². The number of carbonyl (C=O) groups excluding carboxylic acids is 2. The Bertz CT molecular complexity index is 1590. The molecule has 2 aliphatic heterocycles. The molecule has 238 valence electrons. The zero-order chi connectivity index (χ0) is 32.4. The molecule has 1 N–H and O–H groups in total. The molecule has 5 rings (SSSR count). The average Bonchev–Trinajstić information content (AvgIpc) is 3.45. The Hall–Kier alpha value is -4.11. The van der Waals surface area contributed by atoms with Crippen LogP contribution in [0, 0.1) is 18.3 Å². The molecule has 1 aromatic carbocycles. The number of hydrogen-bond acceptors (Lipinski definition) is 7. The van der Waals surface area contributed by atoms with Gasteiger partial charge in [-0.1, -0.05) is 31.5 Å². The Kier molecular flexibility index (Phi) is 9.12. The van der Waals surface area contributed by atoms with E-state index in [4.69, 9.17) is 4.74 Å². The van der Waals surface area contributed by atoms with E-state index in [0.29, 0.717) is 30.6 Å². The van der Waals surface area contributed by atoms with Crippen molar-refractivity contribution in [2.75, 3.05) is 19.6 Å². The van der Waals surface area contributed by atoms with Crippen LogP contribution in [0.3, 0.4) is 0 Å². The third-order valence-corrected chi connectivity index (χ3v) is 9.79. The number of para-hydroxylation sites is 1. The van der Waals surface area contributed by atoms with Crippen molar-refractivity contribution in [2.24, 2.45) is 0 Å². The first-order valence-electron chi connectivity index (χ1n) is 15.0. The number of nitriles is 1. The Morgan fingerprint density at radius 3 is 2.53 bits per heavy atom. The predicted octanol–water partition coefficient (Wildman–Crippen LogP) is 6.48. The summed E-state index contributed by atoms with van der Waals surface area (Å²) in [5.41, 5.74) is -3.70. The van der Waals surface area contributed by atoms with Crippen molar-refractivity contribution in [2.45, 2.75) is 75.6 Å². The lowest BCUT2D eigenvalue weighted by Crippen LogP contribution is -2.68. The summed E-state index contributed by atoms with van der Waals surface area (Å²) in [6.07, 6.45) is -0.851. The Morgan fingerprint density at radius 1 is 1.18 bits per heavy atom. The van der Waals surface area contributed by atoms with Crippen LogP contribution in [-0.2, 0) is 16.4 Å². The van der Waals surface area contributed by atoms with E-state index in [1.165, 1.54) is 22.3 Å². The van der Waals surface area contributed by atoms with Gasteiger partial charge in [-0.15, -0.1) is 11.3 Å². The number of likely N-dealkylation sites (tertiary alicyclic amines) is 2. The second-order valence-electron chi connectivity index (χ2n) is 11.7. The molecular formula is C33H35F3N4O4S. The molecule has 0 aliphatic carbocycles. The highest BCUT2D eigenvalue weighted by molar-refractivity contribution is 7.10. The first-order chi connectivity index (χ1) is 21.5. The summed E-state index contributed by atoms with van der Waals surface area (Å²) in [5, 5.41) is 22.5. The standard InChI is InChI=1S/C33H35F3N4O4S/c1-3-7-28-32(44-23-18-22(2)45-20-23,11-6-15-40(28)29(42)24-19-38-14-10-25(24)33(34,35)36)30(43)39-16-12-31(21-37,13-17-39)26-8-4-5-9-27(26)41/h4-5,8-10,14,18-20,28,41H,3,6-7,11-13,15-17H2,1-2H3/t28-,32+/m1/s1. The van der Waals surface area contributed by atoms with Crippen molar-refractivity contribution in [1.82, 2.24) is 14.8 Å². The molecule has 3 aromatic rings. The topological polar surface area (TPSA) is 107 Å². The average molecular weight is 641 g/mol. The van der Waals surface area contributed by atoms with Gasteiger partial charge >= 0.3 is 6.18 Å². The first-order valence-corrected chi connectivity index (χ1v) is 15.9. The minimum Gasteiger partial charge on any atom is -0.508 e. The van der Waals surface area contributed by atoms with Gasteiger partial charge in [0.15, 0.2) is 0 Å². The van der Waals surface area contributed by atoms with E-state index in [2.05, 4.69) is 11.1 Å². The Balaban J connectivity index is 1.52. The van der Waals surface area contributed by atoms with E-state index in [9.17, 15) is 33.1 Å². The number of thiophene rings is 1. The molecule has 2 amide bonds. The summed E-state index contributed by atoms with van der Waals surface area (Å²) in [6, 6.07) is 10.8. The van der Waals surface area contributed by atoms with Gasteiger partial charge < -0.3 is 19.6 Å². The maximum atomic E-state index is 14.7. The molecular weight excluding hydrogens is 605 g/mol. The van der Waals surface area contributed by atoms with E-state index in [1.54, 1.807) is 34.5 Å². The molecule has 8 nitrogen and oxygen atoms in total. The van der Waals surface area contributed by atoms with Crippen LogP contribution in [0.4, 0.5) is 13.2 Å². The van der Waals surface area contributed by atoms with E-state index >= 15 is 0 Å². The number of aromatic hydroxyl groups is 1. The Morgan fingerprint density at radius 2 is 1.91 bits per heavy atom. The molecule has 4 heterocycles. The largest absolute Gasteiger partial charge is 0.508 e. The van der Waals surface area contributed by atoms with Crippen molar-refractivity contribution >= 4 is 23.2 Å². The molecule has 12 heteroatoms. The molecule has 2 aliphatic rings. The van der Waals surface area contributed by atoms with Crippen LogP contribution in [0.1, 0.15) is 71.8 Å². The number of hydrogen-bond donors (Lipinski definition) is 1. The number of ether oxygens (including phenoxy) is 1. The van der Waals surface area contributed by atoms with Crippen molar-refractivity contribution < 1.29 is 32.6 Å². The van der Waals surface area contributed by atoms with Gasteiger partial charge in [0, 0.05) is 54.3 Å². The Labute approximate surface area is 264 Å². The second kappa shape index (κ2) is 12.7. The van der Waals surface area contributed by atoms with Gasteiger partial charge in [-0.3, -0.25) is 14.6 Å². The van der Waals surface area contributed by atoms with Crippen LogP contribution in [0.5, 0.6) is 11.5 Å². The zero-order valence-corrected chi connectivity index (χ0v) is 26.0. The number of pyridine rings is 1. The van der Waals surface area contributed by atoms with E-state index in [1.807, 2.05) is 13.8 Å². The summed E-state index contributed by atoms with van der Waals surface area (Å²) in [7, 11) is 0. The smallest absolute Gasteiger partial charge is 0.417 e. The molecule has 45 heavy (non-hydrogen) atoms. The highest BCUT2D eigenvalue weighted by atomic mass is 32.1. The number of carbonyl (C=O) groups is 2. The van der Waals surface area contributed by atoms with Crippen molar-refractivity contribution in [3.05, 3.63) is 75.7 Å². The van der Waals surface area contributed by atoms with Crippen molar-refractivity contribution in [3.63, 3.8) is 0 Å². The molecule has 0 radical (unpaired) electrons. The van der Waals surface area contributed by atoms with Gasteiger partial charge in [0.1, 0.15) is 11.5 Å². The number of halogens is 3. The maximum absolute atomic E-state index is 14.7. The normalized spacial score (nSPS) is 21.6. The molecule has 2 aromatic heterocycles. The molecule has 2 saturated heterocycles. The SMILES string of the molecule is CCC[C@H]1N(C(=O)c2cnccc2C(F)(F)F)CCC[C@@]1(Oc1csc(C)c1)C(=O)N1CCC(C#N)(c2ccccc2O)CC1. The number of aromatic nitrogens is 1. The van der Waals surface area contributed by atoms with E-state index < -0.39 is 40.3 Å². The second-order valence-corrected chi connectivity index (χ2v) is 12.8. The summed E-state index contributed by atoms with van der Waals surface area (Å²) in [5.74, 6) is -0.744. The fourth-order valence-corrected chi connectivity index (χ4v) is 7.34. The van der Waals surface area contributed by atoms with Crippen LogP contribution in [0.15, 0.2) is 54.2 Å². The minimum atomic E-state index is -4.77. The molecule has 2 atom stereocenters. The van der Waals surface area contributed by atoms with Gasteiger partial charge in [-0.2, -0.15) is 18.4 Å². The number of nitrogens with zero attached hydrogens (tertiary/aromatic N) is 4. The summed E-state index contributed by atoms with van der Waals surface area (Å²) >= 11 is 1.44. The number of piperidine rings is 2. The van der Waals surface area contributed by atoms with Gasteiger partial charge in [0.05, 0.1) is 28.7 Å². The zero-order valence-electron chi connectivity index (χ0n) is 25.1. The van der Waals surface area contributed by atoms with Gasteiger partial charge in [-0.25, -0.2) is 0 Å². The molecule has 0 saturated carbocycles. The number of aryl methyl sites for hydroxylation is 1. The predicted molar refractivity (Wildman–Crippen MR) is 162 cm³/mol. The van der Waals surface area contributed by atoms with Crippen LogP contribution >= 0.6 is 11.3 Å². The van der Waals surface area contributed by atoms with Crippen molar-refractivity contribution in [1.29, 1.82) is 5.26 Å². The van der Waals surface area contributed by atoms with Crippen LogP contribution in [-0.4, -0.2) is 63.0 Å². The highest BCUT2D eigenvalue weighted by Gasteiger charge is 2.56. The van der Waals surface area contributed by atoms with Crippen LogP contribution < -0.4 is 4.74 Å². The van der Waals surface area contributed by atoms with Gasteiger partial charge in [0.2, 0.25) is 5.60 Å². The lowest BCUT2D eigenvalue weighted by molar-refractivity contribution is -0.160. The number of phenolic OH excluding ortho intramolecular Hbond substituents is 1. The number of phenols is 1. The van der Waals surface area contributed by atoms with Crippen LogP contribution in [0.2, 0.25) is 0 Å². The van der Waals surface area contributed by atoms with E-state index in [0.717, 1.165) is 23.3 Å².